The van der Waals surface area contributed by atoms with Gasteiger partial charge in [-0.25, -0.2) is 4.68 Å². The molecule has 0 aliphatic rings. The van der Waals surface area contributed by atoms with Gasteiger partial charge in [0, 0.05) is 25.0 Å². The highest BCUT2D eigenvalue weighted by Gasteiger charge is 2.13. The van der Waals surface area contributed by atoms with Gasteiger partial charge in [-0.05, 0) is 72.0 Å². The quantitative estimate of drug-likeness (QED) is 0.492. The van der Waals surface area contributed by atoms with Crippen molar-refractivity contribution >= 4 is 37.8 Å². The Morgan fingerprint density at radius 2 is 1.61 bits per heavy atom. The van der Waals surface area contributed by atoms with Gasteiger partial charge in [-0.15, -0.1) is 0 Å². The number of hydrogen-bond acceptors (Lipinski definition) is 4. The summed E-state index contributed by atoms with van der Waals surface area (Å²) in [5.74, 6) is -0.178. The van der Waals surface area contributed by atoms with Crippen molar-refractivity contribution in [2.75, 3.05) is 6.54 Å². The van der Waals surface area contributed by atoms with Crippen LogP contribution in [0, 0.1) is 27.7 Å². The Kier molecular flexibility index (Phi) is 6.39. The number of nitrogens with one attached hydrogen (secondary N) is 1. The first-order chi connectivity index (χ1) is 13.3. The molecule has 0 atom stereocenters. The van der Waals surface area contributed by atoms with E-state index in [2.05, 4.69) is 52.5 Å². The third-order valence-corrected chi connectivity index (χ3v) is 6.87. The molecule has 0 radical (unpaired) electrons. The van der Waals surface area contributed by atoms with Crippen LogP contribution in [0.2, 0.25) is 0 Å². The van der Waals surface area contributed by atoms with E-state index in [0.29, 0.717) is 18.9 Å². The van der Waals surface area contributed by atoms with Gasteiger partial charge in [0.25, 0.3) is 5.91 Å². The summed E-state index contributed by atoms with van der Waals surface area (Å²) in [5, 5.41) is 16.2. The van der Waals surface area contributed by atoms with Crippen LogP contribution in [0.25, 0.3) is 0 Å². The smallest absolute Gasteiger partial charge is 0.271 e. The molecule has 0 aliphatic heterocycles. The summed E-state index contributed by atoms with van der Waals surface area (Å²) in [6.45, 7) is 9.69. The van der Waals surface area contributed by atoms with Crippen molar-refractivity contribution in [2.45, 2.75) is 47.3 Å². The number of hydrogen-bond donors (Lipinski definition) is 1. The molecular formula is C18H23Br2N7O. The van der Waals surface area contributed by atoms with Crippen LogP contribution in [0.1, 0.15) is 39.7 Å². The van der Waals surface area contributed by atoms with E-state index >= 15 is 0 Å². The Morgan fingerprint density at radius 3 is 2.18 bits per heavy atom. The van der Waals surface area contributed by atoms with Gasteiger partial charge in [0.05, 0.1) is 26.0 Å². The number of halogens is 2. The van der Waals surface area contributed by atoms with Crippen molar-refractivity contribution in [1.82, 2.24) is 34.7 Å². The standard InChI is InChI=1S/C18H23Br2N7O/c1-11-16(19)13(3)26(22-11)8-5-7-21-18(28)15-6-9-25(24-15)10-27-14(4)17(20)12(2)23-27/h6,9H,5,7-8,10H2,1-4H3,(H,21,28). The molecule has 0 saturated heterocycles. The van der Waals surface area contributed by atoms with Crippen molar-refractivity contribution in [2.24, 2.45) is 0 Å². The highest BCUT2D eigenvalue weighted by molar-refractivity contribution is 9.10. The van der Waals surface area contributed by atoms with Crippen molar-refractivity contribution in [1.29, 1.82) is 0 Å². The molecule has 0 aliphatic carbocycles. The zero-order chi connectivity index (χ0) is 20.4. The first-order valence-corrected chi connectivity index (χ1v) is 10.6. The second kappa shape index (κ2) is 8.60. The molecule has 0 saturated carbocycles. The molecule has 3 aromatic heterocycles. The highest BCUT2D eigenvalue weighted by atomic mass is 79.9. The largest absolute Gasteiger partial charge is 0.351 e. The number of aromatic nitrogens is 6. The van der Waals surface area contributed by atoms with Gasteiger partial charge in [-0.3, -0.25) is 14.2 Å². The van der Waals surface area contributed by atoms with E-state index in [-0.39, 0.29) is 5.91 Å². The minimum absolute atomic E-state index is 0.178. The normalized spacial score (nSPS) is 11.2. The molecule has 3 heterocycles. The summed E-state index contributed by atoms with van der Waals surface area (Å²) >= 11 is 7.04. The summed E-state index contributed by atoms with van der Waals surface area (Å²) in [7, 11) is 0. The van der Waals surface area contributed by atoms with Crippen molar-refractivity contribution in [3.63, 3.8) is 0 Å². The number of nitrogens with zero attached hydrogens (tertiary/aromatic N) is 6. The lowest BCUT2D eigenvalue weighted by atomic mass is 10.3. The van der Waals surface area contributed by atoms with Crippen molar-refractivity contribution in [3.05, 3.63) is 49.7 Å². The summed E-state index contributed by atoms with van der Waals surface area (Å²) in [4.78, 5) is 12.3. The maximum Gasteiger partial charge on any atom is 0.271 e. The zero-order valence-corrected chi connectivity index (χ0v) is 19.5. The summed E-state index contributed by atoms with van der Waals surface area (Å²) in [6, 6.07) is 1.72. The van der Waals surface area contributed by atoms with Gasteiger partial charge in [0.1, 0.15) is 12.4 Å². The maximum atomic E-state index is 12.3. The van der Waals surface area contributed by atoms with Crippen molar-refractivity contribution < 1.29 is 4.79 Å². The van der Waals surface area contributed by atoms with E-state index in [0.717, 1.165) is 44.7 Å². The van der Waals surface area contributed by atoms with Crippen LogP contribution >= 0.6 is 31.9 Å². The molecule has 0 bridgehead atoms. The van der Waals surface area contributed by atoms with E-state index in [9.17, 15) is 4.79 Å². The van der Waals surface area contributed by atoms with Crippen LogP contribution in [0.4, 0.5) is 0 Å². The van der Waals surface area contributed by atoms with Crippen LogP contribution in [-0.4, -0.2) is 41.8 Å². The third kappa shape index (κ3) is 4.38. The summed E-state index contributed by atoms with van der Waals surface area (Å²) < 4.78 is 7.53. The average Bonchev–Trinajstić information content (AvgIpc) is 3.30. The summed E-state index contributed by atoms with van der Waals surface area (Å²) in [5.41, 5.74) is 4.42. The Labute approximate surface area is 180 Å². The van der Waals surface area contributed by atoms with E-state index in [4.69, 9.17) is 0 Å². The van der Waals surface area contributed by atoms with E-state index < -0.39 is 0 Å². The lowest BCUT2D eigenvalue weighted by Gasteiger charge is -2.06. The average molecular weight is 513 g/mol. The SMILES string of the molecule is Cc1nn(CCCNC(=O)c2ccn(Cn3nc(C)c(Br)c3C)n2)c(C)c1Br. The number of carbonyl (C=O) groups excluding carboxylic acids is 1. The number of carbonyl (C=O) groups is 1. The first-order valence-electron chi connectivity index (χ1n) is 8.98. The van der Waals surface area contributed by atoms with E-state index in [1.54, 1.807) is 16.9 Å². The Hall–Kier alpha value is -1.94. The van der Waals surface area contributed by atoms with Gasteiger partial charge in [0.15, 0.2) is 0 Å². The Morgan fingerprint density at radius 1 is 1.00 bits per heavy atom. The minimum Gasteiger partial charge on any atom is -0.351 e. The second-order valence-corrected chi connectivity index (χ2v) is 8.27. The minimum atomic E-state index is -0.178. The maximum absolute atomic E-state index is 12.3. The molecule has 10 heteroatoms. The first kappa shape index (κ1) is 20.8. The topological polar surface area (TPSA) is 82.6 Å². The van der Waals surface area contributed by atoms with E-state index in [1.807, 2.05) is 37.1 Å². The molecule has 1 amide bonds. The molecule has 150 valence electrons. The van der Waals surface area contributed by atoms with Gasteiger partial charge < -0.3 is 5.32 Å². The van der Waals surface area contributed by atoms with Crippen LogP contribution in [-0.2, 0) is 13.2 Å². The lowest BCUT2D eigenvalue weighted by molar-refractivity contribution is 0.0946. The summed E-state index contributed by atoms with van der Waals surface area (Å²) in [6.07, 6.45) is 2.58. The number of rotatable bonds is 7. The molecule has 8 nitrogen and oxygen atoms in total. The third-order valence-electron chi connectivity index (χ3n) is 4.57. The monoisotopic (exact) mass is 511 g/mol. The molecular weight excluding hydrogens is 490 g/mol. The Bertz CT molecular complexity index is 1000. The van der Waals surface area contributed by atoms with Crippen molar-refractivity contribution in [3.8, 4) is 0 Å². The fourth-order valence-corrected chi connectivity index (χ4v) is 3.49. The zero-order valence-electron chi connectivity index (χ0n) is 16.3. The predicted octanol–water partition coefficient (Wildman–Crippen LogP) is 3.36. The predicted molar refractivity (Wildman–Crippen MR) is 113 cm³/mol. The molecule has 0 fully saturated rings. The van der Waals surface area contributed by atoms with Crippen LogP contribution in [0.15, 0.2) is 21.2 Å². The van der Waals surface area contributed by atoms with E-state index in [1.165, 1.54) is 0 Å². The fourth-order valence-electron chi connectivity index (χ4n) is 2.93. The fraction of sp³-hybridized carbons (Fsp3) is 0.444. The van der Waals surface area contributed by atoms with Gasteiger partial charge in [-0.2, -0.15) is 15.3 Å². The molecule has 0 aromatic carbocycles. The Balaban J connectivity index is 1.51. The molecule has 3 rings (SSSR count). The number of amides is 1. The molecule has 0 unspecified atom stereocenters. The second-order valence-electron chi connectivity index (χ2n) is 6.68. The van der Waals surface area contributed by atoms with Crippen LogP contribution in [0.5, 0.6) is 0 Å². The molecule has 0 spiro atoms. The van der Waals surface area contributed by atoms with Gasteiger partial charge in [0.2, 0.25) is 0 Å². The van der Waals surface area contributed by atoms with Gasteiger partial charge >= 0.3 is 0 Å². The van der Waals surface area contributed by atoms with Gasteiger partial charge in [-0.1, -0.05) is 0 Å². The van der Waals surface area contributed by atoms with Crippen LogP contribution < -0.4 is 5.32 Å². The molecule has 3 aromatic rings. The molecule has 1 N–H and O–H groups in total. The van der Waals surface area contributed by atoms with Crippen LogP contribution in [0.3, 0.4) is 0 Å². The highest BCUT2D eigenvalue weighted by Crippen LogP contribution is 2.20. The molecule has 28 heavy (non-hydrogen) atoms. The number of aryl methyl sites for hydroxylation is 3. The lowest BCUT2D eigenvalue weighted by Crippen LogP contribution is -2.26.